The van der Waals surface area contributed by atoms with Gasteiger partial charge in [-0.2, -0.15) is 0 Å². The summed E-state index contributed by atoms with van der Waals surface area (Å²) in [5.74, 6) is 0. The van der Waals surface area contributed by atoms with Crippen LogP contribution in [0.4, 0.5) is 17.1 Å². The summed E-state index contributed by atoms with van der Waals surface area (Å²) >= 11 is 3.68. The first kappa shape index (κ1) is 36.8. The Morgan fingerprint density at radius 2 is 0.969 bits per heavy atom. The molecule has 3 heteroatoms. The zero-order valence-corrected chi connectivity index (χ0v) is 36.8. The van der Waals surface area contributed by atoms with Gasteiger partial charge in [-0.1, -0.05) is 194 Å². The summed E-state index contributed by atoms with van der Waals surface area (Å²) in [7, 11) is 0. The fourth-order valence-corrected chi connectivity index (χ4v) is 14.1. The monoisotopic (exact) mass is 859 g/mol. The van der Waals surface area contributed by atoms with Crippen LogP contribution in [0.15, 0.2) is 234 Å². The van der Waals surface area contributed by atoms with Crippen LogP contribution in [0.5, 0.6) is 0 Å². The lowest BCUT2D eigenvalue weighted by atomic mass is 9.67. The molecule has 2 aliphatic carbocycles. The van der Waals surface area contributed by atoms with Crippen LogP contribution in [0.1, 0.15) is 44.5 Å². The first-order valence-corrected chi connectivity index (χ1v) is 23.9. The number of hydrogen-bond donors (Lipinski definition) is 0. The van der Waals surface area contributed by atoms with Gasteiger partial charge in [0.25, 0.3) is 0 Å². The van der Waals surface area contributed by atoms with Gasteiger partial charge in [0.2, 0.25) is 0 Å². The van der Waals surface area contributed by atoms with E-state index < -0.39 is 10.8 Å². The van der Waals surface area contributed by atoms with Crippen molar-refractivity contribution in [1.82, 2.24) is 0 Å². The predicted octanol–water partition coefficient (Wildman–Crippen LogP) is 16.3. The number of fused-ring (bicyclic) bond motifs is 15. The smallest absolute Gasteiger partial charge is 0.0857 e. The van der Waals surface area contributed by atoms with E-state index in [0.717, 1.165) is 21.8 Å². The highest BCUT2D eigenvalue weighted by molar-refractivity contribution is 7.99. The summed E-state index contributed by atoms with van der Waals surface area (Å²) in [6.07, 6.45) is 0. The van der Waals surface area contributed by atoms with Crippen LogP contribution >= 0.6 is 23.1 Å². The summed E-state index contributed by atoms with van der Waals surface area (Å²) in [6.45, 7) is 0. The molecule has 1 spiro atoms. The highest BCUT2D eigenvalue weighted by atomic mass is 32.2. The number of benzene rings is 9. The third-order valence-electron chi connectivity index (χ3n) is 14.3. The molecule has 0 unspecified atom stereocenters. The van der Waals surface area contributed by atoms with Gasteiger partial charge in [-0.3, -0.25) is 0 Å². The Bertz CT molecular complexity index is 3630. The molecule has 302 valence electrons. The highest BCUT2D eigenvalue weighted by Crippen LogP contribution is 2.64. The molecule has 2 heterocycles. The Morgan fingerprint density at radius 3 is 1.68 bits per heavy atom. The Labute approximate surface area is 386 Å². The fraction of sp³-hybridized carbons (Fsp3) is 0.0323. The van der Waals surface area contributed by atoms with E-state index in [2.05, 4.69) is 235 Å². The summed E-state index contributed by atoms with van der Waals surface area (Å²) in [6, 6.07) is 90.8. The van der Waals surface area contributed by atoms with Gasteiger partial charge in [-0.15, -0.1) is 11.3 Å². The van der Waals surface area contributed by atoms with Gasteiger partial charge in [0.05, 0.1) is 26.9 Å². The molecule has 0 radical (unpaired) electrons. The molecule has 3 aliphatic rings. The van der Waals surface area contributed by atoms with Crippen LogP contribution in [0.2, 0.25) is 0 Å². The first-order valence-electron chi connectivity index (χ1n) is 22.3. The lowest BCUT2D eigenvalue weighted by Crippen LogP contribution is -2.32. The van der Waals surface area contributed by atoms with Crippen molar-refractivity contribution < 1.29 is 0 Å². The van der Waals surface area contributed by atoms with Crippen molar-refractivity contribution in [2.75, 3.05) is 4.90 Å². The summed E-state index contributed by atoms with van der Waals surface area (Å²) in [5, 5.41) is 2.41. The second-order valence-corrected chi connectivity index (χ2v) is 19.4. The van der Waals surface area contributed by atoms with E-state index in [1.807, 2.05) is 17.8 Å². The van der Waals surface area contributed by atoms with E-state index in [4.69, 9.17) is 0 Å². The molecule has 10 aromatic carbocycles. The van der Waals surface area contributed by atoms with Gasteiger partial charge in [0.15, 0.2) is 0 Å². The number of hydrogen-bond acceptors (Lipinski definition) is 3. The molecule has 0 bridgehead atoms. The van der Waals surface area contributed by atoms with Crippen molar-refractivity contribution in [2.45, 2.75) is 20.6 Å². The van der Waals surface area contributed by atoms with E-state index in [1.165, 1.54) is 92.0 Å². The van der Waals surface area contributed by atoms with Gasteiger partial charge in [-0.05, 0) is 116 Å². The van der Waals surface area contributed by atoms with Crippen LogP contribution in [-0.2, 0) is 10.8 Å². The van der Waals surface area contributed by atoms with Crippen molar-refractivity contribution >= 4 is 60.3 Å². The minimum atomic E-state index is -0.621. The topological polar surface area (TPSA) is 3.24 Å². The summed E-state index contributed by atoms with van der Waals surface area (Å²) in [4.78, 5) is 5.17. The lowest BCUT2D eigenvalue weighted by Gasteiger charge is -2.41. The molecular weight excluding hydrogens is 823 g/mol. The zero-order chi connectivity index (χ0) is 42.7. The average Bonchev–Trinajstić information content (AvgIpc) is 4.01. The van der Waals surface area contributed by atoms with Gasteiger partial charge in [-0.25, -0.2) is 0 Å². The van der Waals surface area contributed by atoms with Crippen LogP contribution in [-0.4, -0.2) is 0 Å². The predicted molar refractivity (Wildman–Crippen MR) is 270 cm³/mol. The molecule has 0 saturated heterocycles. The van der Waals surface area contributed by atoms with Crippen molar-refractivity contribution in [1.29, 1.82) is 0 Å². The van der Waals surface area contributed by atoms with Gasteiger partial charge >= 0.3 is 0 Å². The van der Waals surface area contributed by atoms with Crippen molar-refractivity contribution in [3.8, 4) is 22.3 Å². The van der Waals surface area contributed by atoms with Crippen LogP contribution in [0, 0.1) is 12.1 Å². The van der Waals surface area contributed by atoms with Gasteiger partial charge in [0.1, 0.15) is 0 Å². The van der Waals surface area contributed by atoms with Crippen LogP contribution in [0.3, 0.4) is 0 Å². The Kier molecular flexibility index (Phi) is 7.90. The molecule has 0 saturated carbocycles. The Morgan fingerprint density at radius 1 is 0.415 bits per heavy atom. The SMILES string of the molecule is c1ccc2c(c#1)sc1cccc(N(c3ccc4c(c3)C3(c5ccccc5S4)c4ccccc4-c4ccccc43)c3cccc4c3C(c3ccccc3)(c3ccccc3)c3ccccc3-4)c12. The molecule has 65 heavy (non-hydrogen) atoms. The zero-order valence-electron chi connectivity index (χ0n) is 35.1. The second kappa shape index (κ2) is 13.9. The number of rotatable bonds is 5. The number of thiophene rings is 1. The standard InChI is InChI=1S/C62H37NS2/c1-3-19-40(20-4-1)61(41-21-5-2-6-22-41)48-28-11-9-25-45(48)46-27-17-33-54(60(46)61)63(53-32-18-36-58-59(53)47-26-10-15-34-55(47)64-58)42-37-38-57-52(39-42)62(51-31-14-16-35-56(51)65-57)49-29-12-7-23-43(49)44-24-8-13-30-50(44)62/h1-14,16-33,35-39H. The minimum Gasteiger partial charge on any atom is -0.309 e. The third kappa shape index (κ3) is 4.91. The maximum absolute atomic E-state index is 3.47. The molecule has 11 aromatic rings. The number of anilines is 3. The molecule has 0 atom stereocenters. The summed E-state index contributed by atoms with van der Waals surface area (Å²) in [5.41, 5.74) is 17.7. The quantitative estimate of drug-likeness (QED) is 0.170. The molecule has 14 rings (SSSR count). The van der Waals surface area contributed by atoms with E-state index in [9.17, 15) is 0 Å². The van der Waals surface area contributed by atoms with Crippen molar-refractivity contribution in [3.05, 3.63) is 281 Å². The van der Waals surface area contributed by atoms with E-state index >= 15 is 0 Å². The van der Waals surface area contributed by atoms with Crippen molar-refractivity contribution in [2.24, 2.45) is 0 Å². The van der Waals surface area contributed by atoms with Gasteiger partial charge < -0.3 is 4.90 Å². The number of nitrogens with zero attached hydrogens (tertiary/aromatic N) is 1. The Balaban J connectivity index is 1.13. The maximum atomic E-state index is 3.47. The van der Waals surface area contributed by atoms with Gasteiger partial charge in [0, 0.05) is 36.5 Å². The molecule has 1 aromatic heterocycles. The lowest BCUT2D eigenvalue weighted by molar-refractivity contribution is 0.722. The van der Waals surface area contributed by atoms with Crippen LogP contribution < -0.4 is 4.90 Å². The molecule has 0 N–H and O–H groups in total. The third-order valence-corrected chi connectivity index (χ3v) is 16.5. The van der Waals surface area contributed by atoms with E-state index in [1.54, 1.807) is 11.3 Å². The van der Waals surface area contributed by atoms with Crippen molar-refractivity contribution in [3.63, 3.8) is 0 Å². The van der Waals surface area contributed by atoms with E-state index in [-0.39, 0.29) is 0 Å². The molecule has 0 amide bonds. The fourth-order valence-electron chi connectivity index (χ4n) is 11.9. The second-order valence-electron chi connectivity index (χ2n) is 17.3. The normalized spacial score (nSPS) is 14.2. The molecule has 0 fully saturated rings. The minimum absolute atomic E-state index is 0.523. The highest BCUT2D eigenvalue weighted by Gasteiger charge is 2.51. The van der Waals surface area contributed by atoms with E-state index in [0.29, 0.717) is 0 Å². The molecular formula is C62H37NS2. The maximum Gasteiger partial charge on any atom is 0.0857 e. The molecule has 1 nitrogen and oxygen atoms in total. The Hall–Kier alpha value is -7.61. The van der Waals surface area contributed by atoms with Crippen LogP contribution in [0.25, 0.3) is 42.4 Å². The largest absolute Gasteiger partial charge is 0.309 e. The first-order chi connectivity index (χ1) is 32.3. The summed E-state index contributed by atoms with van der Waals surface area (Å²) < 4.78 is 2.34. The molecule has 1 aliphatic heterocycles. The average molecular weight is 860 g/mol.